The van der Waals surface area contributed by atoms with Crippen LogP contribution in [-0.2, 0) is 9.53 Å². The molecule has 18 heavy (non-hydrogen) atoms. The molecule has 0 aromatic heterocycles. The van der Waals surface area contributed by atoms with Gasteiger partial charge < -0.3 is 9.64 Å². The number of anilines is 1. The van der Waals surface area contributed by atoms with Crippen molar-refractivity contribution in [3.05, 3.63) is 41.7 Å². The van der Waals surface area contributed by atoms with Crippen LogP contribution in [0.5, 0.6) is 0 Å². The Morgan fingerprint density at radius 1 is 1.28 bits per heavy atom. The Hall–Kier alpha value is -1.91. The molecule has 5 heteroatoms. The van der Waals surface area contributed by atoms with Crippen molar-refractivity contribution in [2.45, 2.75) is 12.8 Å². The third kappa shape index (κ3) is 2.67. The van der Waals surface area contributed by atoms with Crippen LogP contribution in [0, 0.1) is 11.6 Å². The molecular weight excluding hydrogens is 240 g/mol. The number of ether oxygens (including phenoxy) is 1. The first-order valence-corrected chi connectivity index (χ1v) is 5.65. The number of allylic oxidation sites excluding steroid dienone is 1. The lowest BCUT2D eigenvalue weighted by Gasteiger charge is -2.21. The Morgan fingerprint density at radius 2 is 1.94 bits per heavy atom. The molecule has 1 heterocycles. The van der Waals surface area contributed by atoms with Crippen molar-refractivity contribution in [3.8, 4) is 0 Å². The van der Waals surface area contributed by atoms with Crippen molar-refractivity contribution in [1.82, 2.24) is 0 Å². The van der Waals surface area contributed by atoms with E-state index in [0.717, 1.165) is 31.0 Å². The van der Waals surface area contributed by atoms with Gasteiger partial charge in [0, 0.05) is 18.8 Å². The molecule has 0 N–H and O–H groups in total. The summed E-state index contributed by atoms with van der Waals surface area (Å²) in [7, 11) is 1.45. The Morgan fingerprint density at radius 3 is 2.50 bits per heavy atom. The number of carbonyl (C=O) groups is 1. The van der Waals surface area contributed by atoms with Crippen molar-refractivity contribution >= 4 is 11.6 Å². The molecule has 1 aromatic carbocycles. The first-order valence-electron chi connectivity index (χ1n) is 5.65. The fourth-order valence-corrected chi connectivity index (χ4v) is 1.72. The molecule has 1 aliphatic rings. The topological polar surface area (TPSA) is 29.5 Å². The number of rotatable bonds is 2. The molecule has 1 aromatic rings. The van der Waals surface area contributed by atoms with Gasteiger partial charge in [0.1, 0.15) is 11.6 Å². The van der Waals surface area contributed by atoms with E-state index >= 15 is 0 Å². The molecule has 1 amide bonds. The van der Waals surface area contributed by atoms with E-state index in [2.05, 4.69) is 0 Å². The summed E-state index contributed by atoms with van der Waals surface area (Å²) in [4.78, 5) is 13.2. The number of hydrogen-bond donors (Lipinski definition) is 0. The fraction of sp³-hybridized carbons (Fsp3) is 0.308. The van der Waals surface area contributed by atoms with E-state index in [1.165, 1.54) is 11.9 Å². The van der Waals surface area contributed by atoms with Crippen LogP contribution in [0.15, 0.2) is 30.0 Å². The molecule has 0 unspecified atom stereocenters. The second-order valence-corrected chi connectivity index (χ2v) is 4.05. The van der Waals surface area contributed by atoms with E-state index in [0.29, 0.717) is 6.61 Å². The summed E-state index contributed by atoms with van der Waals surface area (Å²) >= 11 is 0. The molecule has 0 saturated carbocycles. The molecule has 0 atom stereocenters. The fourth-order valence-electron chi connectivity index (χ4n) is 1.72. The van der Waals surface area contributed by atoms with Gasteiger partial charge in [-0.15, -0.1) is 0 Å². The van der Waals surface area contributed by atoms with Gasteiger partial charge in [-0.2, -0.15) is 0 Å². The minimum atomic E-state index is -0.719. The Balaban J connectivity index is 2.22. The number of amides is 1. The van der Waals surface area contributed by atoms with Crippen molar-refractivity contribution in [3.63, 3.8) is 0 Å². The molecule has 0 bridgehead atoms. The molecule has 0 aliphatic carbocycles. The largest absolute Gasteiger partial charge is 0.488 e. The molecule has 0 saturated heterocycles. The lowest BCUT2D eigenvalue weighted by atomic mass is 10.2. The van der Waals surface area contributed by atoms with Crippen molar-refractivity contribution < 1.29 is 18.3 Å². The van der Waals surface area contributed by atoms with Gasteiger partial charge in [-0.3, -0.25) is 4.79 Å². The highest BCUT2D eigenvalue weighted by molar-refractivity contribution is 6.03. The summed E-state index contributed by atoms with van der Waals surface area (Å²) in [6.07, 6.45) is 3.33. The van der Waals surface area contributed by atoms with Crippen LogP contribution in [0.4, 0.5) is 14.5 Å². The Labute approximate surface area is 104 Å². The average molecular weight is 253 g/mol. The van der Waals surface area contributed by atoms with E-state index < -0.39 is 17.5 Å². The summed E-state index contributed by atoms with van der Waals surface area (Å²) in [5.74, 6) is -1.61. The predicted octanol–water partition coefficient (Wildman–Crippen LogP) is 2.62. The number of nitrogens with zero attached hydrogens (tertiary/aromatic N) is 1. The zero-order valence-electron chi connectivity index (χ0n) is 9.95. The third-order valence-electron chi connectivity index (χ3n) is 2.69. The highest BCUT2D eigenvalue weighted by Crippen LogP contribution is 2.20. The normalized spacial score (nSPS) is 14.7. The maximum atomic E-state index is 13.1. The minimum Gasteiger partial charge on any atom is -0.488 e. The minimum absolute atomic E-state index is 0.160. The molecule has 1 aliphatic heterocycles. The van der Waals surface area contributed by atoms with Crippen LogP contribution in [0.2, 0.25) is 0 Å². The van der Waals surface area contributed by atoms with Gasteiger partial charge in [0.05, 0.1) is 6.61 Å². The lowest BCUT2D eigenvalue weighted by Crippen LogP contribution is -2.29. The molecule has 0 fully saturated rings. The monoisotopic (exact) mass is 253 g/mol. The van der Waals surface area contributed by atoms with Crippen molar-refractivity contribution in [2.24, 2.45) is 0 Å². The highest BCUT2D eigenvalue weighted by atomic mass is 19.1. The van der Waals surface area contributed by atoms with Crippen LogP contribution in [0.25, 0.3) is 0 Å². The lowest BCUT2D eigenvalue weighted by molar-refractivity contribution is -0.118. The van der Waals surface area contributed by atoms with E-state index in [4.69, 9.17) is 4.74 Å². The predicted molar refractivity (Wildman–Crippen MR) is 63.0 cm³/mol. The summed E-state index contributed by atoms with van der Waals surface area (Å²) in [5.41, 5.74) is 0.160. The molecule has 3 nitrogen and oxygen atoms in total. The number of likely N-dealkylation sites (N-methyl/N-ethyl adjacent to an activating group) is 1. The van der Waals surface area contributed by atoms with Crippen molar-refractivity contribution in [1.29, 1.82) is 0 Å². The summed E-state index contributed by atoms with van der Waals surface area (Å²) in [5, 5.41) is 0. The van der Waals surface area contributed by atoms with Gasteiger partial charge in [-0.05, 0) is 31.1 Å². The zero-order chi connectivity index (χ0) is 13.1. The van der Waals surface area contributed by atoms with Crippen LogP contribution < -0.4 is 4.90 Å². The number of benzene rings is 1. The average Bonchev–Trinajstić information content (AvgIpc) is 2.37. The number of hydrogen-bond acceptors (Lipinski definition) is 2. The first kappa shape index (κ1) is 12.5. The highest BCUT2D eigenvalue weighted by Gasteiger charge is 2.20. The van der Waals surface area contributed by atoms with Crippen molar-refractivity contribution in [2.75, 3.05) is 18.6 Å². The Bertz CT molecular complexity index is 480. The zero-order valence-corrected chi connectivity index (χ0v) is 9.95. The third-order valence-corrected chi connectivity index (χ3v) is 2.69. The van der Waals surface area contributed by atoms with E-state index in [1.807, 2.05) is 0 Å². The number of carbonyl (C=O) groups excluding carboxylic acids is 1. The maximum Gasteiger partial charge on any atom is 0.292 e. The molecular formula is C13H13F2NO2. The standard InChI is InChI=1S/C13H13F2NO2/c1-16(11-7-9(14)6-10(15)8-11)13(17)12-4-2-3-5-18-12/h4,6-8H,2-3,5H2,1H3. The summed E-state index contributed by atoms with van der Waals surface area (Å²) < 4.78 is 31.4. The van der Waals surface area contributed by atoms with Crippen LogP contribution in [0.3, 0.4) is 0 Å². The smallest absolute Gasteiger partial charge is 0.292 e. The SMILES string of the molecule is CN(C(=O)C1=CCCCO1)c1cc(F)cc(F)c1. The summed E-state index contributed by atoms with van der Waals surface area (Å²) in [6, 6.07) is 2.97. The summed E-state index contributed by atoms with van der Waals surface area (Å²) in [6.45, 7) is 0.489. The van der Waals surface area contributed by atoms with Gasteiger partial charge in [-0.1, -0.05) is 0 Å². The first-order chi connectivity index (χ1) is 8.58. The van der Waals surface area contributed by atoms with Gasteiger partial charge >= 0.3 is 0 Å². The van der Waals surface area contributed by atoms with Gasteiger partial charge in [0.25, 0.3) is 5.91 Å². The van der Waals surface area contributed by atoms with E-state index in [1.54, 1.807) is 6.08 Å². The van der Waals surface area contributed by atoms with Crippen LogP contribution >= 0.6 is 0 Å². The molecule has 2 rings (SSSR count). The second-order valence-electron chi connectivity index (χ2n) is 4.05. The van der Waals surface area contributed by atoms with Crippen LogP contribution in [-0.4, -0.2) is 19.6 Å². The molecule has 0 spiro atoms. The maximum absolute atomic E-state index is 13.1. The molecule has 0 radical (unpaired) electrons. The van der Waals surface area contributed by atoms with Gasteiger partial charge in [-0.25, -0.2) is 8.78 Å². The van der Waals surface area contributed by atoms with E-state index in [-0.39, 0.29) is 11.4 Å². The second kappa shape index (κ2) is 5.16. The number of halogens is 2. The molecule has 96 valence electrons. The van der Waals surface area contributed by atoms with E-state index in [9.17, 15) is 13.6 Å². The van der Waals surface area contributed by atoms with Crippen LogP contribution in [0.1, 0.15) is 12.8 Å². The quantitative estimate of drug-likeness (QED) is 0.810. The Kier molecular flexibility index (Phi) is 3.60. The van der Waals surface area contributed by atoms with Gasteiger partial charge in [0.2, 0.25) is 0 Å². The van der Waals surface area contributed by atoms with Gasteiger partial charge in [0.15, 0.2) is 5.76 Å².